The molecule has 5 rings (SSSR count). The van der Waals surface area contributed by atoms with E-state index in [0.717, 1.165) is 39.8 Å². The van der Waals surface area contributed by atoms with Crippen molar-refractivity contribution in [3.05, 3.63) is 47.5 Å². The minimum atomic E-state index is -0.233. The SMILES string of the molecule is CCn1c2c(-c3cnn(CC4OCCO4)c3)cc(Cl)cc2c2ccnc(C)c21. The first-order chi connectivity index (χ1) is 13.7. The lowest BCUT2D eigenvalue weighted by molar-refractivity contribution is -0.0545. The van der Waals surface area contributed by atoms with Crippen LogP contribution in [-0.4, -0.2) is 38.8 Å². The van der Waals surface area contributed by atoms with Crippen molar-refractivity contribution in [3.63, 3.8) is 0 Å². The van der Waals surface area contributed by atoms with Crippen LogP contribution < -0.4 is 0 Å². The third-order valence-electron chi connectivity index (χ3n) is 5.30. The van der Waals surface area contributed by atoms with Gasteiger partial charge in [-0.15, -0.1) is 0 Å². The molecule has 0 atom stereocenters. The van der Waals surface area contributed by atoms with Gasteiger partial charge in [-0.25, -0.2) is 0 Å². The lowest BCUT2D eigenvalue weighted by atomic mass is 10.0. The molecule has 1 aliphatic heterocycles. The van der Waals surface area contributed by atoms with Gasteiger partial charge in [-0.2, -0.15) is 5.10 Å². The number of ether oxygens (including phenoxy) is 2. The number of nitrogens with zero attached hydrogens (tertiary/aromatic N) is 4. The van der Waals surface area contributed by atoms with Gasteiger partial charge in [0.15, 0.2) is 6.29 Å². The Morgan fingerprint density at radius 1 is 1.18 bits per heavy atom. The van der Waals surface area contributed by atoms with Gasteiger partial charge < -0.3 is 14.0 Å². The molecule has 4 aromatic rings. The monoisotopic (exact) mass is 396 g/mol. The average molecular weight is 397 g/mol. The standard InChI is InChI=1S/C21H21ClN4O2/c1-3-26-20-13(2)23-5-4-16(20)18-9-15(22)8-17(21(18)26)14-10-24-25(11-14)12-19-27-6-7-28-19/h4-5,8-11,19H,3,6-7,12H2,1-2H3. The molecule has 6 nitrogen and oxygen atoms in total. The number of fused-ring (bicyclic) bond motifs is 3. The third kappa shape index (κ3) is 2.80. The normalized spacial score (nSPS) is 15.2. The number of rotatable bonds is 4. The highest BCUT2D eigenvalue weighted by Crippen LogP contribution is 2.38. The lowest BCUT2D eigenvalue weighted by Gasteiger charge is -2.10. The minimum Gasteiger partial charge on any atom is -0.348 e. The first-order valence-corrected chi connectivity index (χ1v) is 9.86. The largest absolute Gasteiger partial charge is 0.348 e. The Kier molecular flexibility index (Phi) is 4.34. The molecule has 0 spiro atoms. The van der Waals surface area contributed by atoms with E-state index in [4.69, 9.17) is 21.1 Å². The molecular weight excluding hydrogens is 376 g/mol. The quantitative estimate of drug-likeness (QED) is 0.512. The molecule has 7 heteroatoms. The van der Waals surface area contributed by atoms with Gasteiger partial charge in [0, 0.05) is 45.9 Å². The number of halogens is 1. The Bertz CT molecular complexity index is 1170. The molecule has 28 heavy (non-hydrogen) atoms. The van der Waals surface area contributed by atoms with E-state index in [1.807, 2.05) is 42.3 Å². The summed E-state index contributed by atoms with van der Waals surface area (Å²) >= 11 is 6.52. The number of pyridine rings is 1. The van der Waals surface area contributed by atoms with Gasteiger partial charge in [-0.1, -0.05) is 11.6 Å². The van der Waals surface area contributed by atoms with E-state index >= 15 is 0 Å². The molecule has 4 heterocycles. The molecule has 0 aliphatic carbocycles. The topological polar surface area (TPSA) is 54.1 Å². The second-order valence-corrected chi connectivity index (χ2v) is 7.44. The maximum absolute atomic E-state index is 6.52. The number of benzene rings is 1. The highest BCUT2D eigenvalue weighted by Gasteiger charge is 2.20. The van der Waals surface area contributed by atoms with Crippen LogP contribution in [0.5, 0.6) is 0 Å². The molecule has 144 valence electrons. The van der Waals surface area contributed by atoms with E-state index in [-0.39, 0.29) is 6.29 Å². The highest BCUT2D eigenvalue weighted by molar-refractivity contribution is 6.32. The van der Waals surface area contributed by atoms with E-state index in [1.54, 1.807) is 0 Å². The lowest BCUT2D eigenvalue weighted by Crippen LogP contribution is -2.16. The Hall–Kier alpha value is -2.41. The third-order valence-corrected chi connectivity index (χ3v) is 5.52. The first-order valence-electron chi connectivity index (χ1n) is 9.49. The summed E-state index contributed by atoms with van der Waals surface area (Å²) in [6, 6.07) is 6.12. The summed E-state index contributed by atoms with van der Waals surface area (Å²) in [4.78, 5) is 4.50. The van der Waals surface area contributed by atoms with Crippen molar-refractivity contribution in [2.75, 3.05) is 13.2 Å². The second kappa shape index (κ2) is 6.88. The maximum atomic E-state index is 6.52. The smallest absolute Gasteiger partial charge is 0.177 e. The van der Waals surface area contributed by atoms with Crippen LogP contribution >= 0.6 is 11.6 Å². The fourth-order valence-corrected chi connectivity index (χ4v) is 4.35. The molecule has 1 saturated heterocycles. The van der Waals surface area contributed by atoms with Crippen LogP contribution in [0.2, 0.25) is 5.02 Å². The summed E-state index contributed by atoms with van der Waals surface area (Å²) in [5.74, 6) is 0. The molecule has 1 aromatic carbocycles. The summed E-state index contributed by atoms with van der Waals surface area (Å²) < 4.78 is 15.3. The van der Waals surface area contributed by atoms with Gasteiger partial charge in [0.05, 0.1) is 42.7 Å². The summed E-state index contributed by atoms with van der Waals surface area (Å²) in [6.07, 6.45) is 5.53. The Morgan fingerprint density at radius 3 is 2.79 bits per heavy atom. The van der Waals surface area contributed by atoms with Crippen LogP contribution in [0.25, 0.3) is 32.9 Å². The van der Waals surface area contributed by atoms with Crippen molar-refractivity contribution in [1.82, 2.24) is 19.3 Å². The van der Waals surface area contributed by atoms with Gasteiger partial charge in [-0.3, -0.25) is 9.67 Å². The molecule has 0 radical (unpaired) electrons. The van der Waals surface area contributed by atoms with Crippen molar-refractivity contribution in [3.8, 4) is 11.1 Å². The van der Waals surface area contributed by atoms with E-state index in [1.165, 1.54) is 5.39 Å². The van der Waals surface area contributed by atoms with Crippen molar-refractivity contribution in [2.45, 2.75) is 33.2 Å². The molecule has 0 saturated carbocycles. The number of aromatic nitrogens is 4. The van der Waals surface area contributed by atoms with Gasteiger partial charge in [0.1, 0.15) is 0 Å². The Morgan fingerprint density at radius 2 is 2.00 bits per heavy atom. The van der Waals surface area contributed by atoms with Crippen LogP contribution in [0, 0.1) is 6.92 Å². The van der Waals surface area contributed by atoms with E-state index in [2.05, 4.69) is 27.6 Å². The van der Waals surface area contributed by atoms with Crippen LogP contribution in [0.4, 0.5) is 0 Å². The number of aryl methyl sites for hydroxylation is 2. The fourth-order valence-electron chi connectivity index (χ4n) is 4.13. The van der Waals surface area contributed by atoms with Gasteiger partial charge in [0.25, 0.3) is 0 Å². The molecule has 0 unspecified atom stereocenters. The zero-order chi connectivity index (χ0) is 19.3. The molecule has 1 aliphatic rings. The van der Waals surface area contributed by atoms with Crippen molar-refractivity contribution >= 4 is 33.4 Å². The molecule has 0 N–H and O–H groups in total. The molecule has 1 fully saturated rings. The molecular formula is C21H21ClN4O2. The van der Waals surface area contributed by atoms with Crippen LogP contribution in [-0.2, 0) is 22.6 Å². The molecule has 0 bridgehead atoms. The fraction of sp³-hybridized carbons (Fsp3) is 0.333. The van der Waals surface area contributed by atoms with Crippen molar-refractivity contribution < 1.29 is 9.47 Å². The summed E-state index contributed by atoms with van der Waals surface area (Å²) in [7, 11) is 0. The predicted molar refractivity (Wildman–Crippen MR) is 110 cm³/mol. The van der Waals surface area contributed by atoms with Crippen LogP contribution in [0.1, 0.15) is 12.6 Å². The summed E-state index contributed by atoms with van der Waals surface area (Å²) in [5.41, 5.74) is 5.42. The molecule has 0 amide bonds. The minimum absolute atomic E-state index is 0.233. The zero-order valence-corrected chi connectivity index (χ0v) is 16.6. The van der Waals surface area contributed by atoms with Gasteiger partial charge in [0.2, 0.25) is 0 Å². The van der Waals surface area contributed by atoms with Crippen LogP contribution in [0.15, 0.2) is 36.8 Å². The second-order valence-electron chi connectivity index (χ2n) is 7.01. The number of hydrogen-bond donors (Lipinski definition) is 0. The van der Waals surface area contributed by atoms with E-state index < -0.39 is 0 Å². The van der Waals surface area contributed by atoms with Crippen molar-refractivity contribution in [2.24, 2.45) is 0 Å². The average Bonchev–Trinajstić information content (AvgIpc) is 3.41. The Labute approximate surface area is 167 Å². The zero-order valence-electron chi connectivity index (χ0n) is 15.9. The Balaban J connectivity index is 1.70. The summed E-state index contributed by atoms with van der Waals surface area (Å²) in [6.45, 7) is 6.90. The number of hydrogen-bond acceptors (Lipinski definition) is 4. The maximum Gasteiger partial charge on any atom is 0.177 e. The van der Waals surface area contributed by atoms with Gasteiger partial charge >= 0.3 is 0 Å². The van der Waals surface area contributed by atoms with E-state index in [0.29, 0.717) is 24.8 Å². The summed E-state index contributed by atoms with van der Waals surface area (Å²) in [5, 5.41) is 7.54. The first kappa shape index (κ1) is 17.7. The van der Waals surface area contributed by atoms with Crippen LogP contribution in [0.3, 0.4) is 0 Å². The van der Waals surface area contributed by atoms with E-state index in [9.17, 15) is 0 Å². The van der Waals surface area contributed by atoms with Gasteiger partial charge in [-0.05, 0) is 32.0 Å². The molecule has 3 aromatic heterocycles. The highest BCUT2D eigenvalue weighted by atomic mass is 35.5. The predicted octanol–water partition coefficient (Wildman–Crippen LogP) is 4.41. The van der Waals surface area contributed by atoms with Crippen molar-refractivity contribution in [1.29, 1.82) is 0 Å².